The normalized spacial score (nSPS) is 12.5. The van der Waals surface area contributed by atoms with E-state index in [1.165, 1.54) is 0 Å². The van der Waals surface area contributed by atoms with Crippen molar-refractivity contribution in [2.75, 3.05) is 20.1 Å². The van der Waals surface area contributed by atoms with Crippen LogP contribution in [0.1, 0.15) is 12.5 Å². The van der Waals surface area contributed by atoms with Crippen molar-refractivity contribution in [1.82, 2.24) is 9.88 Å². The number of hydrogen-bond donors (Lipinski definition) is 2. The first-order valence-electron chi connectivity index (χ1n) is 5.19. The summed E-state index contributed by atoms with van der Waals surface area (Å²) in [6.07, 6.45) is 4.13. The van der Waals surface area contributed by atoms with Crippen LogP contribution in [0.3, 0.4) is 0 Å². The summed E-state index contributed by atoms with van der Waals surface area (Å²) < 4.78 is 0. The first-order chi connectivity index (χ1) is 7.13. The molecule has 0 bridgehead atoms. The lowest BCUT2D eigenvalue weighted by Crippen LogP contribution is -2.34. The zero-order valence-corrected chi connectivity index (χ0v) is 9.36. The summed E-state index contributed by atoms with van der Waals surface area (Å²) in [6, 6.07) is 1.91. The lowest BCUT2D eigenvalue weighted by Gasteiger charge is -2.20. The Morgan fingerprint density at radius 1 is 1.67 bits per heavy atom. The predicted molar refractivity (Wildman–Crippen MR) is 60.4 cm³/mol. The molecule has 15 heavy (non-hydrogen) atoms. The lowest BCUT2D eigenvalue weighted by molar-refractivity contribution is -0.129. The fraction of sp³-hybridized carbons (Fsp3) is 0.545. The minimum atomic E-state index is 0.134. The summed E-state index contributed by atoms with van der Waals surface area (Å²) in [4.78, 5) is 16.4. The highest BCUT2D eigenvalue weighted by Gasteiger charge is 2.12. The van der Waals surface area contributed by atoms with Crippen LogP contribution < -0.4 is 5.73 Å². The summed E-state index contributed by atoms with van der Waals surface area (Å²) in [5, 5.41) is 0. The van der Waals surface area contributed by atoms with Gasteiger partial charge in [0, 0.05) is 26.0 Å². The Morgan fingerprint density at radius 3 is 2.93 bits per heavy atom. The molecule has 1 heterocycles. The zero-order valence-electron chi connectivity index (χ0n) is 9.36. The van der Waals surface area contributed by atoms with Gasteiger partial charge in [0.1, 0.15) is 0 Å². The van der Waals surface area contributed by atoms with Crippen molar-refractivity contribution in [3.8, 4) is 0 Å². The van der Waals surface area contributed by atoms with Crippen LogP contribution in [-0.4, -0.2) is 35.9 Å². The standard InChI is InChI=1S/C11H19N3O/c1-9(6-12)8-14(2)11(15)5-10-3-4-13-7-10/h3-4,7,9,13H,5-6,8,12H2,1-2H3. The maximum Gasteiger partial charge on any atom is 0.226 e. The van der Waals surface area contributed by atoms with Crippen LogP contribution in [0.2, 0.25) is 0 Å². The minimum Gasteiger partial charge on any atom is -0.367 e. The molecule has 0 saturated carbocycles. The van der Waals surface area contributed by atoms with Crippen LogP contribution in [-0.2, 0) is 11.2 Å². The lowest BCUT2D eigenvalue weighted by atomic mass is 10.1. The van der Waals surface area contributed by atoms with Gasteiger partial charge in [0.05, 0.1) is 6.42 Å². The molecule has 1 aromatic heterocycles. The monoisotopic (exact) mass is 209 g/mol. The quantitative estimate of drug-likeness (QED) is 0.746. The number of rotatable bonds is 5. The molecule has 1 unspecified atom stereocenters. The highest BCUT2D eigenvalue weighted by Crippen LogP contribution is 2.02. The third-order valence-electron chi connectivity index (χ3n) is 2.43. The van der Waals surface area contributed by atoms with E-state index in [2.05, 4.69) is 4.98 Å². The van der Waals surface area contributed by atoms with Gasteiger partial charge in [0.15, 0.2) is 0 Å². The molecule has 1 rings (SSSR count). The molecule has 0 aliphatic rings. The molecule has 0 radical (unpaired) electrons. The topological polar surface area (TPSA) is 62.1 Å². The van der Waals surface area contributed by atoms with Crippen molar-refractivity contribution in [2.24, 2.45) is 11.7 Å². The molecule has 1 aromatic rings. The number of aromatic nitrogens is 1. The van der Waals surface area contributed by atoms with E-state index in [1.807, 2.05) is 32.4 Å². The fourth-order valence-corrected chi connectivity index (χ4v) is 1.42. The van der Waals surface area contributed by atoms with Gasteiger partial charge in [-0.1, -0.05) is 6.92 Å². The van der Waals surface area contributed by atoms with Crippen molar-refractivity contribution in [3.05, 3.63) is 24.0 Å². The van der Waals surface area contributed by atoms with Crippen LogP contribution >= 0.6 is 0 Å². The molecule has 0 aliphatic heterocycles. The number of carbonyl (C=O) groups excluding carboxylic acids is 1. The average molecular weight is 209 g/mol. The van der Waals surface area contributed by atoms with Gasteiger partial charge in [-0.25, -0.2) is 0 Å². The summed E-state index contributed by atoms with van der Waals surface area (Å²) in [5.74, 6) is 0.486. The van der Waals surface area contributed by atoms with Gasteiger partial charge in [-0.15, -0.1) is 0 Å². The maximum atomic E-state index is 11.7. The Balaban J connectivity index is 2.40. The van der Waals surface area contributed by atoms with E-state index < -0.39 is 0 Å². The van der Waals surface area contributed by atoms with Crippen molar-refractivity contribution < 1.29 is 4.79 Å². The van der Waals surface area contributed by atoms with Gasteiger partial charge in [-0.05, 0) is 24.1 Å². The van der Waals surface area contributed by atoms with E-state index >= 15 is 0 Å². The van der Waals surface area contributed by atoms with Crippen molar-refractivity contribution in [1.29, 1.82) is 0 Å². The average Bonchev–Trinajstić information content (AvgIpc) is 2.70. The van der Waals surface area contributed by atoms with Gasteiger partial charge in [0.25, 0.3) is 0 Å². The number of hydrogen-bond acceptors (Lipinski definition) is 2. The molecule has 4 heteroatoms. The first kappa shape index (κ1) is 11.8. The third kappa shape index (κ3) is 3.75. The van der Waals surface area contributed by atoms with Gasteiger partial charge < -0.3 is 15.6 Å². The summed E-state index contributed by atoms with van der Waals surface area (Å²) in [7, 11) is 1.82. The number of nitrogens with zero attached hydrogens (tertiary/aromatic N) is 1. The highest BCUT2D eigenvalue weighted by molar-refractivity contribution is 5.78. The molecule has 1 atom stereocenters. The van der Waals surface area contributed by atoms with Crippen molar-refractivity contribution in [2.45, 2.75) is 13.3 Å². The van der Waals surface area contributed by atoms with Crippen LogP contribution in [0.4, 0.5) is 0 Å². The van der Waals surface area contributed by atoms with Gasteiger partial charge in [-0.2, -0.15) is 0 Å². The van der Waals surface area contributed by atoms with E-state index in [0.717, 1.165) is 12.1 Å². The summed E-state index contributed by atoms with van der Waals surface area (Å²) in [6.45, 7) is 3.38. The SMILES string of the molecule is CC(CN)CN(C)C(=O)Cc1cc[nH]c1. The largest absolute Gasteiger partial charge is 0.367 e. The minimum absolute atomic E-state index is 0.134. The second kappa shape index (κ2) is 5.56. The second-order valence-electron chi connectivity index (χ2n) is 4.01. The van der Waals surface area contributed by atoms with Gasteiger partial charge in [-0.3, -0.25) is 4.79 Å². The molecule has 84 valence electrons. The number of carbonyl (C=O) groups is 1. The highest BCUT2D eigenvalue weighted by atomic mass is 16.2. The van der Waals surface area contributed by atoms with E-state index in [9.17, 15) is 4.79 Å². The number of amides is 1. The Kier molecular flexibility index (Phi) is 4.37. The Morgan fingerprint density at radius 2 is 2.40 bits per heavy atom. The van der Waals surface area contributed by atoms with E-state index in [1.54, 1.807) is 4.90 Å². The predicted octanol–water partition coefficient (Wildman–Crippen LogP) is 0.610. The van der Waals surface area contributed by atoms with Gasteiger partial charge >= 0.3 is 0 Å². The first-order valence-corrected chi connectivity index (χ1v) is 5.19. The number of nitrogens with two attached hydrogens (primary N) is 1. The van der Waals surface area contributed by atoms with Gasteiger partial charge in [0.2, 0.25) is 5.91 Å². The van der Waals surface area contributed by atoms with E-state index in [0.29, 0.717) is 18.9 Å². The van der Waals surface area contributed by atoms with Crippen LogP contribution in [0, 0.1) is 5.92 Å². The molecule has 3 N–H and O–H groups in total. The van der Waals surface area contributed by atoms with Crippen LogP contribution in [0.25, 0.3) is 0 Å². The molecule has 0 fully saturated rings. The molecule has 1 amide bonds. The Bertz CT molecular complexity index is 295. The molecule has 0 aromatic carbocycles. The van der Waals surface area contributed by atoms with Crippen LogP contribution in [0.5, 0.6) is 0 Å². The van der Waals surface area contributed by atoms with Crippen molar-refractivity contribution in [3.63, 3.8) is 0 Å². The summed E-state index contributed by atoms with van der Waals surface area (Å²) in [5.41, 5.74) is 6.53. The number of aromatic amines is 1. The number of H-pyrrole nitrogens is 1. The number of likely N-dealkylation sites (N-methyl/N-ethyl adjacent to an activating group) is 1. The van der Waals surface area contributed by atoms with E-state index in [-0.39, 0.29) is 5.91 Å². The molecule has 4 nitrogen and oxygen atoms in total. The van der Waals surface area contributed by atoms with E-state index in [4.69, 9.17) is 5.73 Å². The maximum absolute atomic E-state index is 11.7. The molecule has 0 aliphatic carbocycles. The number of nitrogens with one attached hydrogen (secondary N) is 1. The smallest absolute Gasteiger partial charge is 0.226 e. The second-order valence-corrected chi connectivity index (χ2v) is 4.01. The molecule has 0 spiro atoms. The summed E-state index contributed by atoms with van der Waals surface area (Å²) >= 11 is 0. The van der Waals surface area contributed by atoms with Crippen LogP contribution in [0.15, 0.2) is 18.5 Å². The Hall–Kier alpha value is -1.29. The fourth-order valence-electron chi connectivity index (χ4n) is 1.42. The molecule has 0 saturated heterocycles. The third-order valence-corrected chi connectivity index (χ3v) is 2.43. The Labute approximate surface area is 90.5 Å². The molecular weight excluding hydrogens is 190 g/mol. The zero-order chi connectivity index (χ0) is 11.3. The molecular formula is C11H19N3O. The van der Waals surface area contributed by atoms with Crippen molar-refractivity contribution >= 4 is 5.91 Å².